The zero-order valence-electron chi connectivity index (χ0n) is 26.6. The molecule has 3 aliphatic heterocycles. The molecule has 2 amide bonds. The minimum atomic E-state index is -0.800. The van der Waals surface area contributed by atoms with Gasteiger partial charge in [-0.3, -0.25) is 4.79 Å². The quantitative estimate of drug-likeness (QED) is 0.285. The smallest absolute Gasteiger partial charge is 0.407 e. The summed E-state index contributed by atoms with van der Waals surface area (Å²) < 4.78 is 7.99. The molecular weight excluding hydrogens is 568 g/mol. The third kappa shape index (κ3) is 6.66. The second kappa shape index (κ2) is 12.7. The van der Waals surface area contributed by atoms with E-state index >= 15 is 0 Å². The lowest BCUT2D eigenvalue weighted by Crippen LogP contribution is -2.53. The van der Waals surface area contributed by atoms with Crippen molar-refractivity contribution >= 4 is 17.8 Å². The number of benzene rings is 2. The van der Waals surface area contributed by atoms with Crippen LogP contribution in [0.15, 0.2) is 54.6 Å². The molecule has 2 fully saturated rings. The molecule has 2 saturated heterocycles. The second-order valence-electron chi connectivity index (χ2n) is 14.0. The van der Waals surface area contributed by atoms with E-state index in [2.05, 4.69) is 31.0 Å². The Labute approximate surface area is 265 Å². The average molecular weight is 615 g/mol. The molecule has 4 N–H and O–H groups in total. The topological polar surface area (TPSA) is 126 Å². The number of piperidine rings is 2. The first-order valence-corrected chi connectivity index (χ1v) is 16.3. The van der Waals surface area contributed by atoms with Crippen molar-refractivity contribution in [1.82, 2.24) is 19.6 Å². The lowest BCUT2D eigenvalue weighted by atomic mass is 9.76. The maximum Gasteiger partial charge on any atom is 0.407 e. The summed E-state index contributed by atoms with van der Waals surface area (Å²) in [6, 6.07) is 17.5. The molecule has 10 nitrogen and oxygen atoms in total. The van der Waals surface area contributed by atoms with Gasteiger partial charge in [-0.2, -0.15) is 5.10 Å². The summed E-state index contributed by atoms with van der Waals surface area (Å²) in [5.74, 6) is 2.66. The SMILES string of the molecule is CC(C)(C)C1CC(CN2CCC(C3CCNc4c(C(N)=O)c(-c5ccc(Oc6ccccc6)cc5)nn43)CC2)CCN1C(=O)O. The Morgan fingerprint density at radius 2 is 1.67 bits per heavy atom. The first-order chi connectivity index (χ1) is 21.6. The van der Waals surface area contributed by atoms with Crippen molar-refractivity contribution in [2.45, 2.75) is 65.0 Å². The molecule has 3 aliphatic rings. The number of para-hydroxylation sites is 1. The monoisotopic (exact) mass is 614 g/mol. The van der Waals surface area contributed by atoms with Gasteiger partial charge in [0.1, 0.15) is 28.6 Å². The average Bonchev–Trinajstić information content (AvgIpc) is 3.42. The maximum absolute atomic E-state index is 12.8. The van der Waals surface area contributed by atoms with Gasteiger partial charge < -0.3 is 30.7 Å². The van der Waals surface area contributed by atoms with Crippen LogP contribution in [-0.2, 0) is 0 Å². The van der Waals surface area contributed by atoms with Crippen LogP contribution in [0.1, 0.15) is 69.3 Å². The van der Waals surface area contributed by atoms with E-state index in [0.717, 1.165) is 75.4 Å². The molecule has 45 heavy (non-hydrogen) atoms. The van der Waals surface area contributed by atoms with Gasteiger partial charge in [0, 0.05) is 31.2 Å². The number of aromatic nitrogens is 2. The first-order valence-electron chi connectivity index (χ1n) is 16.3. The molecule has 0 aliphatic carbocycles. The standard InChI is InChI=1S/C35H46N6O4/c1-35(2,3)29-21-23(14-20-40(29)34(43)44)22-39-18-15-24(16-19-39)28-13-17-37-33-30(32(36)42)31(38-41(28)33)25-9-11-27(12-10-25)45-26-7-5-4-6-8-26/h4-12,23-24,28-29,37H,13-22H2,1-3H3,(H2,36,42)(H,43,44). The Hall–Kier alpha value is -4.05. The predicted octanol–water partition coefficient (Wildman–Crippen LogP) is 6.31. The van der Waals surface area contributed by atoms with Crippen molar-refractivity contribution < 1.29 is 19.4 Å². The van der Waals surface area contributed by atoms with Gasteiger partial charge in [0.25, 0.3) is 5.91 Å². The molecule has 3 aromatic rings. The summed E-state index contributed by atoms with van der Waals surface area (Å²) >= 11 is 0. The van der Waals surface area contributed by atoms with Crippen LogP contribution < -0.4 is 15.8 Å². The number of carbonyl (C=O) groups excluding carboxylic acids is 1. The van der Waals surface area contributed by atoms with Crippen molar-refractivity contribution in [3.8, 4) is 22.8 Å². The van der Waals surface area contributed by atoms with Crippen LogP contribution in [0.25, 0.3) is 11.3 Å². The third-order valence-corrected chi connectivity index (χ3v) is 9.96. The van der Waals surface area contributed by atoms with Gasteiger partial charge in [-0.05, 0) is 98.8 Å². The van der Waals surface area contributed by atoms with Gasteiger partial charge >= 0.3 is 6.09 Å². The highest BCUT2D eigenvalue weighted by Gasteiger charge is 2.40. The number of amides is 2. The molecule has 1 aromatic heterocycles. The summed E-state index contributed by atoms with van der Waals surface area (Å²) in [6.07, 6.45) is 4.11. The van der Waals surface area contributed by atoms with Crippen LogP contribution >= 0.6 is 0 Å². The number of fused-ring (bicyclic) bond motifs is 1. The number of primary amides is 1. The molecule has 6 rings (SSSR count). The zero-order chi connectivity index (χ0) is 31.7. The highest BCUT2D eigenvalue weighted by Crippen LogP contribution is 2.41. The minimum absolute atomic E-state index is 0.0421. The van der Waals surface area contributed by atoms with Crippen LogP contribution in [0, 0.1) is 17.3 Å². The first kappa shape index (κ1) is 31.0. The van der Waals surface area contributed by atoms with Crippen LogP contribution in [0.3, 0.4) is 0 Å². The lowest BCUT2D eigenvalue weighted by Gasteiger charge is -2.46. The summed E-state index contributed by atoms with van der Waals surface area (Å²) in [7, 11) is 0. The molecular formula is C35H46N6O4. The van der Waals surface area contributed by atoms with Gasteiger partial charge in [0.15, 0.2) is 0 Å². The van der Waals surface area contributed by atoms with Gasteiger partial charge in [-0.1, -0.05) is 39.0 Å². The van der Waals surface area contributed by atoms with Crippen molar-refractivity contribution in [2.24, 2.45) is 23.0 Å². The number of nitrogens with zero attached hydrogens (tertiary/aromatic N) is 4. The highest BCUT2D eigenvalue weighted by molar-refractivity contribution is 6.03. The van der Waals surface area contributed by atoms with Crippen LogP contribution in [0.5, 0.6) is 11.5 Å². The summed E-state index contributed by atoms with van der Waals surface area (Å²) in [4.78, 5) is 28.9. The Bertz CT molecular complexity index is 1490. The highest BCUT2D eigenvalue weighted by atomic mass is 16.5. The van der Waals surface area contributed by atoms with Crippen LogP contribution in [-0.4, -0.2) is 75.5 Å². The van der Waals surface area contributed by atoms with E-state index in [1.807, 2.05) is 59.3 Å². The Morgan fingerprint density at radius 1 is 0.978 bits per heavy atom. The number of ether oxygens (including phenoxy) is 1. The molecule has 0 saturated carbocycles. The molecule has 3 unspecified atom stereocenters. The Kier molecular flexibility index (Phi) is 8.77. The Balaban J connectivity index is 1.13. The van der Waals surface area contributed by atoms with E-state index in [0.29, 0.717) is 35.4 Å². The van der Waals surface area contributed by atoms with Gasteiger partial charge in [-0.25, -0.2) is 9.48 Å². The van der Waals surface area contributed by atoms with Gasteiger partial charge in [0.2, 0.25) is 0 Å². The summed E-state index contributed by atoms with van der Waals surface area (Å²) in [5.41, 5.74) is 7.73. The van der Waals surface area contributed by atoms with Crippen molar-refractivity contribution in [1.29, 1.82) is 0 Å². The number of nitrogens with two attached hydrogens (primary N) is 1. The molecule has 0 spiro atoms. The second-order valence-corrected chi connectivity index (χ2v) is 14.0. The van der Waals surface area contributed by atoms with Crippen molar-refractivity contribution in [3.05, 3.63) is 60.2 Å². The number of hydrogen-bond acceptors (Lipinski definition) is 6. The van der Waals surface area contributed by atoms with Crippen LogP contribution in [0.2, 0.25) is 0 Å². The molecule has 2 aromatic carbocycles. The van der Waals surface area contributed by atoms with E-state index in [1.165, 1.54) is 0 Å². The van der Waals surface area contributed by atoms with E-state index in [9.17, 15) is 14.7 Å². The molecule has 4 heterocycles. The lowest BCUT2D eigenvalue weighted by molar-refractivity contribution is 0.0275. The number of likely N-dealkylation sites (tertiary alicyclic amines) is 2. The van der Waals surface area contributed by atoms with Gasteiger partial charge in [0.05, 0.1) is 6.04 Å². The molecule has 0 bridgehead atoms. The van der Waals surface area contributed by atoms with E-state index in [1.54, 1.807) is 4.90 Å². The fourth-order valence-corrected chi connectivity index (χ4v) is 7.62. The van der Waals surface area contributed by atoms with Crippen LogP contribution in [0.4, 0.5) is 10.6 Å². The molecule has 3 atom stereocenters. The number of rotatable bonds is 7. The third-order valence-electron chi connectivity index (χ3n) is 9.96. The van der Waals surface area contributed by atoms with E-state index in [-0.39, 0.29) is 17.5 Å². The van der Waals surface area contributed by atoms with Crippen molar-refractivity contribution in [2.75, 3.05) is 38.0 Å². The number of hydrogen-bond donors (Lipinski definition) is 3. The van der Waals surface area contributed by atoms with Gasteiger partial charge in [-0.15, -0.1) is 0 Å². The Morgan fingerprint density at radius 3 is 2.31 bits per heavy atom. The fraction of sp³-hybridized carbons (Fsp3) is 0.514. The molecule has 0 radical (unpaired) electrons. The molecule has 10 heteroatoms. The number of carbonyl (C=O) groups is 2. The maximum atomic E-state index is 12.8. The predicted molar refractivity (Wildman–Crippen MR) is 175 cm³/mol. The normalized spacial score (nSPS) is 22.8. The molecule has 240 valence electrons. The van der Waals surface area contributed by atoms with Crippen molar-refractivity contribution in [3.63, 3.8) is 0 Å². The summed E-state index contributed by atoms with van der Waals surface area (Å²) in [6.45, 7) is 10.9. The fourth-order valence-electron chi connectivity index (χ4n) is 7.62. The number of nitrogens with one attached hydrogen (secondary N) is 1. The number of anilines is 1. The van der Waals surface area contributed by atoms with E-state index in [4.69, 9.17) is 15.6 Å². The zero-order valence-corrected chi connectivity index (χ0v) is 26.6. The number of carboxylic acid groups (broad SMARTS) is 1. The van der Waals surface area contributed by atoms with E-state index < -0.39 is 12.0 Å². The largest absolute Gasteiger partial charge is 0.465 e. The minimum Gasteiger partial charge on any atom is -0.465 e. The summed E-state index contributed by atoms with van der Waals surface area (Å²) in [5, 5.41) is 18.2.